The number of nitrogens with two attached hydrogens (primary N) is 1. The van der Waals surface area contributed by atoms with E-state index in [0.717, 1.165) is 12.8 Å². The van der Waals surface area contributed by atoms with Crippen LogP contribution in [0, 0.1) is 12.3 Å². The molecule has 58 valence electrons. The summed E-state index contributed by atoms with van der Waals surface area (Å²) in [5, 5.41) is 0. The molecule has 0 amide bonds. The van der Waals surface area contributed by atoms with Gasteiger partial charge in [0.1, 0.15) is 0 Å². The molecule has 0 bridgehead atoms. The highest BCUT2D eigenvalue weighted by Gasteiger charge is 1.71. The Hall–Kier alpha value is -1.01. The molecule has 0 heterocycles. The fraction of sp³-hybridized carbons (Fsp3) is 0.571. The monoisotopic (exact) mass is 143 g/mol. The molecule has 0 aliphatic heterocycles. The van der Waals surface area contributed by atoms with E-state index in [1.165, 1.54) is 7.11 Å². The summed E-state index contributed by atoms with van der Waals surface area (Å²) in [4.78, 5) is 8.95. The molecule has 10 heavy (non-hydrogen) atoms. The Morgan fingerprint density at radius 2 is 2.30 bits per heavy atom. The van der Waals surface area contributed by atoms with Gasteiger partial charge in [0.05, 0.1) is 7.11 Å². The number of hydrogen-bond acceptors (Lipinski definition) is 3. The molecule has 0 aliphatic rings. The lowest BCUT2D eigenvalue weighted by Gasteiger charge is -1.80. The standard InChI is InChI=1S/C5H9N.C2H4O2/c1-2-3-4-5-6;1-4-2-3/h1H,3-6H2;2H,1H3. The number of ether oxygens (including phenoxy) is 1. The van der Waals surface area contributed by atoms with Crippen molar-refractivity contribution in [1.29, 1.82) is 0 Å². The second-order valence-electron chi connectivity index (χ2n) is 1.43. The first kappa shape index (κ1) is 11.7. The van der Waals surface area contributed by atoms with Crippen LogP contribution in [0.1, 0.15) is 12.8 Å². The van der Waals surface area contributed by atoms with Crippen molar-refractivity contribution in [3.63, 3.8) is 0 Å². The van der Waals surface area contributed by atoms with Gasteiger partial charge in [-0.2, -0.15) is 0 Å². The molecule has 3 nitrogen and oxygen atoms in total. The van der Waals surface area contributed by atoms with E-state index in [1.54, 1.807) is 0 Å². The van der Waals surface area contributed by atoms with E-state index in [-0.39, 0.29) is 0 Å². The van der Waals surface area contributed by atoms with Crippen molar-refractivity contribution in [2.75, 3.05) is 13.7 Å². The number of hydrogen-bond donors (Lipinski definition) is 1. The largest absolute Gasteiger partial charge is 0.471 e. The average molecular weight is 143 g/mol. The van der Waals surface area contributed by atoms with Crippen molar-refractivity contribution in [2.45, 2.75) is 12.8 Å². The first-order valence-corrected chi connectivity index (χ1v) is 2.93. The Morgan fingerprint density at radius 1 is 1.80 bits per heavy atom. The summed E-state index contributed by atoms with van der Waals surface area (Å²) < 4.78 is 3.86. The zero-order valence-electron chi connectivity index (χ0n) is 6.17. The second kappa shape index (κ2) is 15.7. The lowest BCUT2D eigenvalue weighted by atomic mass is 10.3. The van der Waals surface area contributed by atoms with Crippen molar-refractivity contribution in [2.24, 2.45) is 5.73 Å². The summed E-state index contributed by atoms with van der Waals surface area (Å²) in [5.74, 6) is 2.49. The summed E-state index contributed by atoms with van der Waals surface area (Å²) >= 11 is 0. The topological polar surface area (TPSA) is 52.3 Å². The molecule has 0 aromatic rings. The summed E-state index contributed by atoms with van der Waals surface area (Å²) in [7, 11) is 1.31. The van der Waals surface area contributed by atoms with Gasteiger partial charge in [-0.1, -0.05) is 0 Å². The molecule has 0 spiro atoms. The van der Waals surface area contributed by atoms with Gasteiger partial charge in [0.2, 0.25) is 0 Å². The van der Waals surface area contributed by atoms with Crippen molar-refractivity contribution in [3.8, 4) is 12.3 Å². The average Bonchev–Trinajstić information content (AvgIpc) is 2.01. The van der Waals surface area contributed by atoms with Gasteiger partial charge in [0, 0.05) is 6.42 Å². The van der Waals surface area contributed by atoms with E-state index in [1.807, 2.05) is 0 Å². The van der Waals surface area contributed by atoms with E-state index in [0.29, 0.717) is 13.0 Å². The highest BCUT2D eigenvalue weighted by molar-refractivity contribution is 5.36. The molecule has 0 aromatic heterocycles. The number of unbranched alkanes of at least 4 members (excludes halogenated alkanes) is 1. The van der Waals surface area contributed by atoms with Gasteiger partial charge in [-0.25, -0.2) is 0 Å². The lowest BCUT2D eigenvalue weighted by Crippen LogP contribution is -1.96. The summed E-state index contributed by atoms with van der Waals surface area (Å²) in [5.41, 5.74) is 5.12. The minimum Gasteiger partial charge on any atom is -0.471 e. The van der Waals surface area contributed by atoms with E-state index < -0.39 is 0 Å². The fourth-order valence-corrected chi connectivity index (χ4v) is 0.204. The van der Waals surface area contributed by atoms with Crippen molar-refractivity contribution < 1.29 is 9.53 Å². The van der Waals surface area contributed by atoms with Gasteiger partial charge in [-0.3, -0.25) is 4.79 Å². The summed E-state index contributed by atoms with van der Waals surface area (Å²) in [6.07, 6.45) is 6.68. The predicted octanol–water partition coefficient (Wildman–Crippen LogP) is 0.148. The van der Waals surface area contributed by atoms with Gasteiger partial charge in [-0.15, -0.1) is 12.3 Å². The van der Waals surface area contributed by atoms with E-state index in [9.17, 15) is 0 Å². The van der Waals surface area contributed by atoms with Crippen LogP contribution in [0.2, 0.25) is 0 Å². The molecule has 0 saturated carbocycles. The third kappa shape index (κ3) is 28.1. The Labute approximate surface area is 61.5 Å². The predicted molar refractivity (Wildman–Crippen MR) is 40.2 cm³/mol. The number of terminal acetylenes is 1. The minimum atomic E-state index is 0.375. The normalized spacial score (nSPS) is 6.50. The molecule has 0 atom stereocenters. The van der Waals surface area contributed by atoms with E-state index in [4.69, 9.17) is 17.0 Å². The molecule has 0 unspecified atom stereocenters. The maximum absolute atomic E-state index is 8.95. The molecular formula is C7H13NO2. The number of rotatable bonds is 3. The first-order valence-electron chi connectivity index (χ1n) is 2.93. The van der Waals surface area contributed by atoms with Crippen molar-refractivity contribution in [3.05, 3.63) is 0 Å². The van der Waals surface area contributed by atoms with E-state index >= 15 is 0 Å². The van der Waals surface area contributed by atoms with Gasteiger partial charge >= 0.3 is 0 Å². The molecule has 0 aromatic carbocycles. The van der Waals surface area contributed by atoms with Crippen LogP contribution in [0.5, 0.6) is 0 Å². The SMILES string of the molecule is C#CCCCN.COC=O. The molecule has 0 radical (unpaired) electrons. The van der Waals surface area contributed by atoms with Crippen LogP contribution in [0.25, 0.3) is 0 Å². The second-order valence-corrected chi connectivity index (χ2v) is 1.43. The molecular weight excluding hydrogens is 130 g/mol. The highest BCUT2D eigenvalue weighted by Crippen LogP contribution is 1.77. The molecule has 0 rings (SSSR count). The molecule has 2 N–H and O–H groups in total. The van der Waals surface area contributed by atoms with Crippen LogP contribution in [0.15, 0.2) is 0 Å². The van der Waals surface area contributed by atoms with E-state index in [2.05, 4.69) is 10.7 Å². The highest BCUT2D eigenvalue weighted by atomic mass is 16.5. The van der Waals surface area contributed by atoms with Crippen LogP contribution in [0.4, 0.5) is 0 Å². The van der Waals surface area contributed by atoms with Crippen molar-refractivity contribution >= 4 is 6.47 Å². The molecule has 3 heteroatoms. The zero-order chi connectivity index (χ0) is 8.24. The van der Waals surface area contributed by atoms with Crippen LogP contribution in [-0.4, -0.2) is 20.1 Å². The van der Waals surface area contributed by atoms with Gasteiger partial charge in [0.15, 0.2) is 0 Å². The first-order chi connectivity index (χ1) is 4.83. The minimum absolute atomic E-state index is 0.375. The van der Waals surface area contributed by atoms with Crippen molar-refractivity contribution in [1.82, 2.24) is 0 Å². The quantitative estimate of drug-likeness (QED) is 0.347. The number of methoxy groups -OCH3 is 1. The third-order valence-corrected chi connectivity index (χ3v) is 0.621. The third-order valence-electron chi connectivity index (χ3n) is 0.621. The van der Waals surface area contributed by atoms with Crippen LogP contribution in [-0.2, 0) is 9.53 Å². The molecule has 0 fully saturated rings. The molecule has 0 saturated heterocycles. The number of carbonyl (C=O) groups excluding carboxylic acids is 1. The summed E-state index contributed by atoms with van der Waals surface area (Å²) in [6.45, 7) is 1.09. The maximum atomic E-state index is 8.95. The fourth-order valence-electron chi connectivity index (χ4n) is 0.204. The Kier molecular flexibility index (Phi) is 18.4. The number of carbonyl (C=O) groups is 1. The van der Waals surface area contributed by atoms with Gasteiger partial charge in [-0.05, 0) is 13.0 Å². The Bertz CT molecular complexity index is 96.3. The zero-order valence-corrected chi connectivity index (χ0v) is 6.17. The molecule has 0 aliphatic carbocycles. The van der Waals surface area contributed by atoms with Gasteiger partial charge < -0.3 is 10.5 Å². The van der Waals surface area contributed by atoms with Crippen LogP contribution < -0.4 is 5.73 Å². The van der Waals surface area contributed by atoms with Gasteiger partial charge in [0.25, 0.3) is 6.47 Å². The maximum Gasteiger partial charge on any atom is 0.292 e. The Balaban J connectivity index is 0. The summed E-state index contributed by atoms with van der Waals surface area (Å²) in [6, 6.07) is 0. The van der Waals surface area contributed by atoms with Crippen LogP contribution >= 0.6 is 0 Å². The van der Waals surface area contributed by atoms with Crippen LogP contribution in [0.3, 0.4) is 0 Å². The smallest absolute Gasteiger partial charge is 0.292 e. The Morgan fingerprint density at radius 3 is 2.40 bits per heavy atom. The lowest BCUT2D eigenvalue weighted by molar-refractivity contribution is -0.126.